The molecule has 1 aromatic rings. The summed E-state index contributed by atoms with van der Waals surface area (Å²) < 4.78 is 0. The highest BCUT2D eigenvalue weighted by molar-refractivity contribution is 5.31. The van der Waals surface area contributed by atoms with E-state index < -0.39 is 0 Å². The van der Waals surface area contributed by atoms with E-state index in [-0.39, 0.29) is 0 Å². The van der Waals surface area contributed by atoms with E-state index >= 15 is 0 Å². The summed E-state index contributed by atoms with van der Waals surface area (Å²) >= 11 is 0. The minimum absolute atomic E-state index is 0.401. The Balaban J connectivity index is 2.07. The summed E-state index contributed by atoms with van der Waals surface area (Å²) in [5, 5.41) is 9.87. The standard InChI is InChI=1S/C15H24N2O/c1-2-17(14-8-5-7-12(14)10-16)11-13-6-3-4-9-15(13)18/h3-4,6,9,12,14,18H,2,5,7-8,10-11,16H2,1H3. The van der Waals surface area contributed by atoms with E-state index in [4.69, 9.17) is 5.73 Å². The predicted molar refractivity (Wildman–Crippen MR) is 74.4 cm³/mol. The number of nitrogens with zero attached hydrogens (tertiary/aromatic N) is 1. The van der Waals surface area contributed by atoms with Gasteiger partial charge < -0.3 is 10.8 Å². The van der Waals surface area contributed by atoms with E-state index in [9.17, 15) is 5.11 Å². The minimum atomic E-state index is 0.401. The Morgan fingerprint density at radius 2 is 2.11 bits per heavy atom. The zero-order valence-corrected chi connectivity index (χ0v) is 11.2. The topological polar surface area (TPSA) is 49.5 Å². The average Bonchev–Trinajstić information content (AvgIpc) is 2.86. The van der Waals surface area contributed by atoms with Crippen molar-refractivity contribution in [1.82, 2.24) is 4.90 Å². The number of benzene rings is 1. The maximum Gasteiger partial charge on any atom is 0.120 e. The predicted octanol–water partition coefficient (Wildman–Crippen LogP) is 2.34. The molecule has 3 heteroatoms. The fourth-order valence-electron chi connectivity index (χ4n) is 3.10. The van der Waals surface area contributed by atoms with Crippen LogP contribution in [-0.4, -0.2) is 29.1 Å². The number of hydrogen-bond acceptors (Lipinski definition) is 3. The van der Waals surface area contributed by atoms with Gasteiger partial charge in [-0.3, -0.25) is 4.90 Å². The van der Waals surface area contributed by atoms with Gasteiger partial charge in [0, 0.05) is 18.2 Å². The molecule has 0 bridgehead atoms. The smallest absolute Gasteiger partial charge is 0.120 e. The lowest BCUT2D eigenvalue weighted by Gasteiger charge is -2.32. The van der Waals surface area contributed by atoms with Crippen LogP contribution >= 0.6 is 0 Å². The van der Waals surface area contributed by atoms with Gasteiger partial charge in [-0.2, -0.15) is 0 Å². The summed E-state index contributed by atoms with van der Waals surface area (Å²) in [6, 6.07) is 8.20. The molecule has 0 aliphatic heterocycles. The van der Waals surface area contributed by atoms with E-state index in [1.165, 1.54) is 19.3 Å². The Bertz CT molecular complexity index is 381. The first-order chi connectivity index (χ1) is 8.76. The molecule has 0 spiro atoms. The second-order valence-electron chi connectivity index (χ2n) is 5.19. The lowest BCUT2D eigenvalue weighted by Crippen LogP contribution is -2.39. The Kier molecular flexibility index (Phi) is 4.61. The van der Waals surface area contributed by atoms with Crippen molar-refractivity contribution >= 4 is 0 Å². The lowest BCUT2D eigenvalue weighted by atomic mass is 10.0. The van der Waals surface area contributed by atoms with E-state index in [1.807, 2.05) is 18.2 Å². The molecular weight excluding hydrogens is 224 g/mol. The van der Waals surface area contributed by atoms with Gasteiger partial charge in [-0.05, 0) is 37.9 Å². The van der Waals surface area contributed by atoms with Crippen molar-refractivity contribution in [2.45, 2.75) is 38.8 Å². The molecule has 0 aromatic heterocycles. The molecule has 1 aliphatic rings. The van der Waals surface area contributed by atoms with Crippen LogP contribution in [0, 0.1) is 5.92 Å². The van der Waals surface area contributed by atoms with Crippen LogP contribution in [0.15, 0.2) is 24.3 Å². The van der Waals surface area contributed by atoms with Crippen molar-refractivity contribution in [1.29, 1.82) is 0 Å². The second kappa shape index (κ2) is 6.21. The van der Waals surface area contributed by atoms with Crippen LogP contribution in [0.2, 0.25) is 0 Å². The molecule has 3 nitrogen and oxygen atoms in total. The van der Waals surface area contributed by atoms with Crippen LogP contribution in [0.4, 0.5) is 0 Å². The quantitative estimate of drug-likeness (QED) is 0.841. The normalized spacial score (nSPS) is 23.7. The first kappa shape index (κ1) is 13.4. The molecule has 100 valence electrons. The molecule has 1 saturated carbocycles. The molecule has 1 aromatic carbocycles. The molecule has 2 unspecified atom stereocenters. The van der Waals surface area contributed by atoms with Crippen molar-refractivity contribution < 1.29 is 5.11 Å². The van der Waals surface area contributed by atoms with Crippen molar-refractivity contribution in [3.8, 4) is 5.75 Å². The number of nitrogens with two attached hydrogens (primary N) is 1. The molecule has 1 aliphatic carbocycles. The number of phenols is 1. The number of para-hydroxylation sites is 1. The largest absolute Gasteiger partial charge is 0.508 e. The number of aromatic hydroxyl groups is 1. The highest BCUT2D eigenvalue weighted by Crippen LogP contribution is 2.31. The van der Waals surface area contributed by atoms with Crippen LogP contribution in [0.25, 0.3) is 0 Å². The summed E-state index contributed by atoms with van der Waals surface area (Å²) in [6.45, 7) is 4.80. The van der Waals surface area contributed by atoms with E-state index in [0.29, 0.717) is 17.7 Å². The molecule has 2 atom stereocenters. The van der Waals surface area contributed by atoms with Crippen LogP contribution in [-0.2, 0) is 6.54 Å². The zero-order valence-electron chi connectivity index (χ0n) is 11.2. The van der Waals surface area contributed by atoms with E-state index in [1.54, 1.807) is 6.07 Å². The van der Waals surface area contributed by atoms with Crippen LogP contribution < -0.4 is 5.73 Å². The monoisotopic (exact) mass is 248 g/mol. The van der Waals surface area contributed by atoms with Crippen molar-refractivity contribution in [3.05, 3.63) is 29.8 Å². The van der Waals surface area contributed by atoms with Gasteiger partial charge in [-0.25, -0.2) is 0 Å². The number of rotatable bonds is 5. The Morgan fingerprint density at radius 3 is 2.78 bits per heavy atom. The van der Waals surface area contributed by atoms with E-state index in [2.05, 4.69) is 11.8 Å². The number of hydrogen-bond donors (Lipinski definition) is 2. The van der Waals surface area contributed by atoms with Gasteiger partial charge in [0.05, 0.1) is 0 Å². The summed E-state index contributed by atoms with van der Waals surface area (Å²) in [4.78, 5) is 2.46. The molecule has 0 heterocycles. The summed E-state index contributed by atoms with van der Waals surface area (Å²) in [5.41, 5.74) is 6.88. The fraction of sp³-hybridized carbons (Fsp3) is 0.600. The SMILES string of the molecule is CCN(Cc1ccccc1O)C1CCCC1CN. The third-order valence-electron chi connectivity index (χ3n) is 4.16. The summed E-state index contributed by atoms with van der Waals surface area (Å²) in [7, 11) is 0. The summed E-state index contributed by atoms with van der Waals surface area (Å²) in [5.74, 6) is 1.02. The maximum absolute atomic E-state index is 9.87. The Labute approximate surface area is 110 Å². The molecule has 1 fully saturated rings. The average molecular weight is 248 g/mol. The van der Waals surface area contributed by atoms with Gasteiger partial charge >= 0.3 is 0 Å². The van der Waals surface area contributed by atoms with Crippen LogP contribution in [0.5, 0.6) is 5.75 Å². The van der Waals surface area contributed by atoms with Gasteiger partial charge in [0.15, 0.2) is 0 Å². The molecular formula is C15H24N2O. The lowest BCUT2D eigenvalue weighted by molar-refractivity contribution is 0.160. The van der Waals surface area contributed by atoms with Crippen molar-refractivity contribution in [3.63, 3.8) is 0 Å². The third-order valence-corrected chi connectivity index (χ3v) is 4.16. The van der Waals surface area contributed by atoms with Crippen molar-refractivity contribution in [2.75, 3.05) is 13.1 Å². The second-order valence-corrected chi connectivity index (χ2v) is 5.19. The highest BCUT2D eigenvalue weighted by Gasteiger charge is 2.30. The van der Waals surface area contributed by atoms with E-state index in [0.717, 1.165) is 25.2 Å². The first-order valence-corrected chi connectivity index (χ1v) is 6.97. The first-order valence-electron chi connectivity index (χ1n) is 6.97. The van der Waals surface area contributed by atoms with Crippen LogP contribution in [0.3, 0.4) is 0 Å². The third kappa shape index (κ3) is 2.85. The fourth-order valence-corrected chi connectivity index (χ4v) is 3.10. The molecule has 2 rings (SSSR count). The zero-order chi connectivity index (χ0) is 13.0. The Hall–Kier alpha value is -1.06. The highest BCUT2D eigenvalue weighted by atomic mass is 16.3. The van der Waals surface area contributed by atoms with Crippen molar-refractivity contribution in [2.24, 2.45) is 11.7 Å². The molecule has 0 amide bonds. The summed E-state index contributed by atoms with van der Waals surface area (Å²) in [6.07, 6.45) is 3.77. The van der Waals surface area contributed by atoms with Gasteiger partial charge in [-0.15, -0.1) is 0 Å². The van der Waals surface area contributed by atoms with Gasteiger partial charge in [0.2, 0.25) is 0 Å². The molecule has 0 radical (unpaired) electrons. The van der Waals surface area contributed by atoms with Gasteiger partial charge in [0.1, 0.15) is 5.75 Å². The van der Waals surface area contributed by atoms with Crippen LogP contribution in [0.1, 0.15) is 31.7 Å². The minimum Gasteiger partial charge on any atom is -0.508 e. The van der Waals surface area contributed by atoms with Gasteiger partial charge in [0.25, 0.3) is 0 Å². The Morgan fingerprint density at radius 1 is 1.33 bits per heavy atom. The maximum atomic E-state index is 9.87. The molecule has 3 N–H and O–H groups in total. The molecule has 18 heavy (non-hydrogen) atoms. The molecule has 0 saturated heterocycles. The van der Waals surface area contributed by atoms with Gasteiger partial charge in [-0.1, -0.05) is 31.5 Å². The number of phenolic OH excluding ortho intramolecular Hbond substituents is 1.